The van der Waals surface area contributed by atoms with Gasteiger partial charge < -0.3 is 9.47 Å². The Morgan fingerprint density at radius 2 is 0.841 bits per heavy atom. The largest absolute Gasteiger partial charge is 0.310 e. The number of nitrogens with zero attached hydrogens (tertiary/aromatic N) is 2. The zero-order valence-electron chi connectivity index (χ0n) is 24.2. The van der Waals surface area contributed by atoms with Crippen molar-refractivity contribution >= 4 is 38.9 Å². The van der Waals surface area contributed by atoms with Gasteiger partial charge in [-0.15, -0.1) is 0 Å². The number of rotatable bonds is 6. The molecule has 0 fully saturated rings. The van der Waals surface area contributed by atoms with Gasteiger partial charge in [-0.3, -0.25) is 0 Å². The maximum absolute atomic E-state index is 2.38. The molecular weight excluding hydrogens is 532 g/mol. The van der Waals surface area contributed by atoms with E-state index >= 15 is 0 Å². The predicted molar refractivity (Wildman–Crippen MR) is 186 cm³/mol. The van der Waals surface area contributed by atoms with Crippen molar-refractivity contribution in [2.45, 2.75) is 0 Å². The number of hydrogen-bond donors (Lipinski definition) is 0. The summed E-state index contributed by atoms with van der Waals surface area (Å²) >= 11 is 0. The monoisotopic (exact) mass is 562 g/mol. The molecule has 2 nitrogen and oxygen atoms in total. The summed E-state index contributed by atoms with van der Waals surface area (Å²) < 4.78 is 2.38. The molecule has 0 unspecified atom stereocenters. The van der Waals surface area contributed by atoms with Crippen LogP contribution in [-0.4, -0.2) is 4.57 Å². The molecule has 8 aromatic rings. The minimum atomic E-state index is 1.11. The van der Waals surface area contributed by atoms with Crippen LogP contribution in [0.3, 0.4) is 0 Å². The van der Waals surface area contributed by atoms with Crippen molar-refractivity contribution in [1.82, 2.24) is 4.57 Å². The van der Waals surface area contributed by atoms with Gasteiger partial charge in [0.1, 0.15) is 0 Å². The molecule has 208 valence electrons. The first kappa shape index (κ1) is 25.8. The molecule has 2 heteroatoms. The van der Waals surface area contributed by atoms with Gasteiger partial charge in [-0.1, -0.05) is 127 Å². The van der Waals surface area contributed by atoms with E-state index in [2.05, 4.69) is 191 Å². The lowest BCUT2D eigenvalue weighted by molar-refractivity contribution is 1.18. The van der Waals surface area contributed by atoms with E-state index in [0.29, 0.717) is 0 Å². The van der Waals surface area contributed by atoms with Crippen molar-refractivity contribution in [2.24, 2.45) is 0 Å². The Labute approximate surface area is 257 Å². The highest BCUT2D eigenvalue weighted by atomic mass is 15.1. The lowest BCUT2D eigenvalue weighted by Gasteiger charge is -2.26. The van der Waals surface area contributed by atoms with Crippen LogP contribution in [-0.2, 0) is 0 Å². The summed E-state index contributed by atoms with van der Waals surface area (Å²) in [4.78, 5) is 2.36. The van der Waals surface area contributed by atoms with E-state index in [1.165, 1.54) is 44.1 Å². The minimum Gasteiger partial charge on any atom is -0.310 e. The standard InChI is InChI=1S/C42H30N2/c1-4-13-31(14-5-1)32-23-25-33(26-24-32)34-15-12-20-37(29-34)43(35-16-6-2-7-17-35)38-27-28-40-39-21-10-11-22-41(39)44(42(40)30-38)36-18-8-3-9-19-36/h1-30H. The molecule has 0 amide bonds. The van der Waals surface area contributed by atoms with Gasteiger partial charge in [0.15, 0.2) is 0 Å². The third kappa shape index (κ3) is 4.63. The molecule has 0 aliphatic rings. The lowest BCUT2D eigenvalue weighted by atomic mass is 10.00. The molecule has 44 heavy (non-hydrogen) atoms. The van der Waals surface area contributed by atoms with Crippen molar-refractivity contribution in [2.75, 3.05) is 4.90 Å². The van der Waals surface area contributed by atoms with E-state index in [-0.39, 0.29) is 0 Å². The van der Waals surface area contributed by atoms with E-state index in [4.69, 9.17) is 0 Å². The summed E-state index contributed by atoms with van der Waals surface area (Å²) in [6.45, 7) is 0. The average Bonchev–Trinajstić information content (AvgIpc) is 3.44. The van der Waals surface area contributed by atoms with E-state index in [1.807, 2.05) is 0 Å². The van der Waals surface area contributed by atoms with Crippen molar-refractivity contribution in [3.8, 4) is 27.9 Å². The van der Waals surface area contributed by atoms with Gasteiger partial charge in [-0.2, -0.15) is 0 Å². The van der Waals surface area contributed by atoms with E-state index in [0.717, 1.165) is 22.7 Å². The van der Waals surface area contributed by atoms with Crippen LogP contribution in [0.5, 0.6) is 0 Å². The Kier molecular flexibility index (Phi) is 6.51. The van der Waals surface area contributed by atoms with Gasteiger partial charge in [0.2, 0.25) is 0 Å². The summed E-state index contributed by atoms with van der Waals surface area (Å²) in [6.07, 6.45) is 0. The van der Waals surface area contributed by atoms with E-state index in [1.54, 1.807) is 0 Å². The van der Waals surface area contributed by atoms with Crippen LogP contribution in [0.1, 0.15) is 0 Å². The van der Waals surface area contributed by atoms with Crippen molar-refractivity contribution in [3.63, 3.8) is 0 Å². The first-order valence-corrected chi connectivity index (χ1v) is 15.0. The van der Waals surface area contributed by atoms with Gasteiger partial charge in [-0.05, 0) is 76.9 Å². The highest BCUT2D eigenvalue weighted by molar-refractivity contribution is 6.10. The van der Waals surface area contributed by atoms with Gasteiger partial charge in [0, 0.05) is 33.5 Å². The lowest BCUT2D eigenvalue weighted by Crippen LogP contribution is -2.10. The zero-order valence-corrected chi connectivity index (χ0v) is 24.2. The summed E-state index contributed by atoms with van der Waals surface area (Å²) in [6, 6.07) is 65.1. The van der Waals surface area contributed by atoms with Crippen LogP contribution in [0.15, 0.2) is 182 Å². The third-order valence-corrected chi connectivity index (χ3v) is 8.37. The minimum absolute atomic E-state index is 1.11. The van der Waals surface area contributed by atoms with Crippen LogP contribution in [0, 0.1) is 0 Å². The summed E-state index contributed by atoms with van der Waals surface area (Å²) in [5.41, 5.74) is 11.7. The summed E-state index contributed by atoms with van der Waals surface area (Å²) in [5.74, 6) is 0. The molecule has 0 saturated heterocycles. The van der Waals surface area contributed by atoms with Gasteiger partial charge in [0.05, 0.1) is 11.0 Å². The van der Waals surface area contributed by atoms with Crippen molar-refractivity contribution in [1.29, 1.82) is 0 Å². The fourth-order valence-electron chi connectivity index (χ4n) is 6.29. The molecule has 0 spiro atoms. The van der Waals surface area contributed by atoms with Crippen molar-refractivity contribution < 1.29 is 0 Å². The van der Waals surface area contributed by atoms with Crippen LogP contribution >= 0.6 is 0 Å². The van der Waals surface area contributed by atoms with Crippen LogP contribution in [0.4, 0.5) is 17.1 Å². The van der Waals surface area contributed by atoms with Crippen LogP contribution < -0.4 is 4.90 Å². The number of para-hydroxylation sites is 3. The molecule has 0 N–H and O–H groups in total. The first-order valence-electron chi connectivity index (χ1n) is 15.0. The molecule has 1 heterocycles. The molecule has 0 bridgehead atoms. The van der Waals surface area contributed by atoms with Crippen LogP contribution in [0.25, 0.3) is 49.7 Å². The highest BCUT2D eigenvalue weighted by Crippen LogP contribution is 2.40. The van der Waals surface area contributed by atoms with Crippen LogP contribution in [0.2, 0.25) is 0 Å². The SMILES string of the molecule is c1ccc(-c2ccc(-c3cccc(N(c4ccccc4)c4ccc5c6ccccc6n(-c6ccccc6)c5c4)c3)cc2)cc1. The molecule has 0 atom stereocenters. The quantitative estimate of drug-likeness (QED) is 0.196. The Morgan fingerprint density at radius 1 is 0.318 bits per heavy atom. The average molecular weight is 563 g/mol. The second kappa shape index (κ2) is 11.1. The maximum Gasteiger partial charge on any atom is 0.0561 e. The highest BCUT2D eigenvalue weighted by Gasteiger charge is 2.17. The molecule has 0 radical (unpaired) electrons. The fraction of sp³-hybridized carbons (Fsp3) is 0. The second-order valence-corrected chi connectivity index (χ2v) is 11.1. The molecule has 0 aliphatic heterocycles. The predicted octanol–water partition coefficient (Wildman–Crippen LogP) is 11.6. The molecule has 8 rings (SSSR count). The number of hydrogen-bond acceptors (Lipinski definition) is 1. The fourth-order valence-corrected chi connectivity index (χ4v) is 6.29. The summed E-state index contributed by atoms with van der Waals surface area (Å²) in [5, 5.41) is 2.50. The molecule has 1 aromatic heterocycles. The Morgan fingerprint density at radius 3 is 1.59 bits per heavy atom. The maximum atomic E-state index is 2.38. The van der Waals surface area contributed by atoms with Gasteiger partial charge in [-0.25, -0.2) is 0 Å². The summed E-state index contributed by atoms with van der Waals surface area (Å²) in [7, 11) is 0. The van der Waals surface area contributed by atoms with E-state index in [9.17, 15) is 0 Å². The molecule has 0 aliphatic carbocycles. The normalized spacial score (nSPS) is 11.2. The Bertz CT molecular complexity index is 2200. The van der Waals surface area contributed by atoms with E-state index < -0.39 is 0 Å². The number of anilines is 3. The van der Waals surface area contributed by atoms with Gasteiger partial charge in [0.25, 0.3) is 0 Å². The Hall–Kier alpha value is -5.86. The third-order valence-electron chi connectivity index (χ3n) is 8.37. The van der Waals surface area contributed by atoms with Crippen molar-refractivity contribution in [3.05, 3.63) is 182 Å². The zero-order chi connectivity index (χ0) is 29.3. The smallest absolute Gasteiger partial charge is 0.0561 e. The van der Waals surface area contributed by atoms with Gasteiger partial charge >= 0.3 is 0 Å². The Balaban J connectivity index is 1.27. The molecule has 7 aromatic carbocycles. The first-order chi connectivity index (χ1) is 21.8. The molecular formula is C42H30N2. The molecule has 0 saturated carbocycles. The topological polar surface area (TPSA) is 8.17 Å². The second-order valence-electron chi connectivity index (χ2n) is 11.1. The number of aromatic nitrogens is 1. The number of benzene rings is 7. The number of fused-ring (bicyclic) bond motifs is 3.